The second-order valence-electron chi connectivity index (χ2n) is 7.91. The Morgan fingerprint density at radius 2 is 1.70 bits per heavy atom. The summed E-state index contributed by atoms with van der Waals surface area (Å²) < 4.78 is 12.1. The first-order chi connectivity index (χ1) is 14.7. The van der Waals surface area contributed by atoms with Crippen molar-refractivity contribution in [1.29, 1.82) is 0 Å². The molecule has 30 heavy (non-hydrogen) atoms. The predicted molar refractivity (Wildman–Crippen MR) is 108 cm³/mol. The maximum absolute atomic E-state index is 12.8. The molecule has 1 aromatic carbocycles. The van der Waals surface area contributed by atoms with Crippen LogP contribution in [-0.2, 0) is 6.54 Å². The number of piperazine rings is 1. The second-order valence-corrected chi connectivity index (χ2v) is 7.91. The molecule has 0 atom stereocenters. The molecule has 2 saturated heterocycles. The highest BCUT2D eigenvalue weighted by atomic mass is 16.7. The van der Waals surface area contributed by atoms with Gasteiger partial charge in [0.15, 0.2) is 11.5 Å². The number of aromatic nitrogens is 2. The topological polar surface area (TPSA) is 80.1 Å². The third-order valence-electron chi connectivity index (χ3n) is 5.90. The van der Waals surface area contributed by atoms with Crippen molar-refractivity contribution in [3.8, 4) is 11.5 Å². The molecule has 0 bridgehead atoms. The van der Waals surface area contributed by atoms with Crippen LogP contribution in [0.2, 0.25) is 0 Å². The first-order valence-corrected chi connectivity index (χ1v) is 10.4. The molecule has 0 radical (unpaired) electrons. The predicted octanol–water partition coefficient (Wildman–Crippen LogP) is 1.63. The summed E-state index contributed by atoms with van der Waals surface area (Å²) in [5.74, 6) is 1.54. The van der Waals surface area contributed by atoms with Crippen molar-refractivity contribution in [2.75, 3.05) is 46.1 Å². The molecule has 2 fully saturated rings. The minimum absolute atomic E-state index is 0.0416. The van der Waals surface area contributed by atoms with Gasteiger partial charge in [-0.1, -0.05) is 6.07 Å². The molecular weight excluding hydrogens is 386 g/mol. The maximum atomic E-state index is 12.8. The Balaban J connectivity index is 1.15. The minimum Gasteiger partial charge on any atom is -0.454 e. The van der Waals surface area contributed by atoms with Crippen LogP contribution in [0.4, 0.5) is 4.79 Å². The van der Waals surface area contributed by atoms with Crippen molar-refractivity contribution in [1.82, 2.24) is 24.5 Å². The van der Waals surface area contributed by atoms with Crippen LogP contribution in [0.25, 0.3) is 0 Å². The van der Waals surface area contributed by atoms with E-state index in [-0.39, 0.29) is 18.7 Å². The van der Waals surface area contributed by atoms with Crippen LogP contribution in [-0.4, -0.2) is 82.5 Å². The van der Waals surface area contributed by atoms with Gasteiger partial charge in [0.1, 0.15) is 0 Å². The summed E-state index contributed by atoms with van der Waals surface area (Å²) in [5.41, 5.74) is 1.64. The van der Waals surface area contributed by atoms with E-state index < -0.39 is 0 Å². The number of amides is 2. The van der Waals surface area contributed by atoms with Gasteiger partial charge in [-0.05, 0) is 30.5 Å². The standard InChI is InChI=1S/C21H25N5O4/c27-20(24-5-1-2-6-24)17-12-22-26(14-17)21(28)25-9-7-23(8-10-25)13-16-3-4-18-19(11-16)30-15-29-18/h3-4,11-12,14H,1-2,5-10,13,15H2. The summed E-state index contributed by atoms with van der Waals surface area (Å²) in [6.45, 7) is 5.44. The fourth-order valence-corrected chi connectivity index (χ4v) is 4.18. The molecule has 5 rings (SSSR count). The van der Waals surface area contributed by atoms with Crippen LogP contribution >= 0.6 is 0 Å². The van der Waals surface area contributed by atoms with E-state index in [0.717, 1.165) is 62.6 Å². The molecule has 9 heteroatoms. The SMILES string of the molecule is O=C(c1cnn(C(=O)N2CCN(Cc3ccc4c(c3)OCO4)CC2)c1)N1CCCC1. The Morgan fingerprint density at radius 1 is 0.933 bits per heavy atom. The zero-order valence-electron chi connectivity index (χ0n) is 16.8. The van der Waals surface area contributed by atoms with Crippen LogP contribution in [0.5, 0.6) is 11.5 Å². The Bertz CT molecular complexity index is 945. The number of benzene rings is 1. The largest absolute Gasteiger partial charge is 0.454 e. The van der Waals surface area contributed by atoms with E-state index in [9.17, 15) is 9.59 Å². The summed E-state index contributed by atoms with van der Waals surface area (Å²) >= 11 is 0. The Morgan fingerprint density at radius 3 is 2.50 bits per heavy atom. The lowest BCUT2D eigenvalue weighted by Crippen LogP contribution is -2.49. The van der Waals surface area contributed by atoms with Crippen LogP contribution < -0.4 is 9.47 Å². The molecule has 4 heterocycles. The van der Waals surface area contributed by atoms with Gasteiger partial charge in [-0.15, -0.1) is 0 Å². The summed E-state index contributed by atoms with van der Waals surface area (Å²) in [5, 5.41) is 4.14. The van der Waals surface area contributed by atoms with E-state index in [0.29, 0.717) is 18.7 Å². The molecule has 3 aliphatic rings. The van der Waals surface area contributed by atoms with Crippen molar-refractivity contribution < 1.29 is 19.1 Å². The quantitative estimate of drug-likeness (QED) is 0.764. The lowest BCUT2D eigenvalue weighted by Gasteiger charge is -2.34. The first-order valence-electron chi connectivity index (χ1n) is 10.4. The van der Waals surface area contributed by atoms with E-state index in [1.807, 2.05) is 23.1 Å². The highest BCUT2D eigenvalue weighted by Crippen LogP contribution is 2.32. The molecule has 1 aromatic heterocycles. The highest BCUT2D eigenvalue weighted by molar-refractivity contribution is 5.94. The summed E-state index contributed by atoms with van der Waals surface area (Å²) in [6.07, 6.45) is 5.13. The smallest absolute Gasteiger partial charge is 0.344 e. The average molecular weight is 411 g/mol. The van der Waals surface area contributed by atoms with Gasteiger partial charge in [-0.2, -0.15) is 9.78 Å². The van der Waals surface area contributed by atoms with Gasteiger partial charge >= 0.3 is 6.03 Å². The third kappa shape index (κ3) is 3.72. The van der Waals surface area contributed by atoms with Crippen molar-refractivity contribution in [2.45, 2.75) is 19.4 Å². The van der Waals surface area contributed by atoms with Gasteiger partial charge in [0.25, 0.3) is 5.91 Å². The number of likely N-dealkylation sites (tertiary alicyclic amines) is 1. The molecule has 0 saturated carbocycles. The normalized spacial score (nSPS) is 18.8. The van der Waals surface area contributed by atoms with Crippen LogP contribution in [0.15, 0.2) is 30.6 Å². The van der Waals surface area contributed by atoms with E-state index >= 15 is 0 Å². The highest BCUT2D eigenvalue weighted by Gasteiger charge is 2.26. The van der Waals surface area contributed by atoms with E-state index in [2.05, 4.69) is 10.00 Å². The molecule has 0 aliphatic carbocycles. The minimum atomic E-state index is -0.182. The van der Waals surface area contributed by atoms with Crippen molar-refractivity contribution in [3.05, 3.63) is 41.7 Å². The molecule has 158 valence electrons. The molecule has 0 unspecified atom stereocenters. The first kappa shape index (κ1) is 18.9. The summed E-state index contributed by atoms with van der Waals surface area (Å²) in [6, 6.07) is 5.82. The number of carbonyl (C=O) groups is 2. The van der Waals surface area contributed by atoms with Crippen molar-refractivity contribution >= 4 is 11.9 Å². The lowest BCUT2D eigenvalue weighted by molar-refractivity contribution is 0.0793. The second kappa shape index (κ2) is 7.98. The number of fused-ring (bicyclic) bond motifs is 1. The zero-order valence-corrected chi connectivity index (χ0v) is 16.8. The van der Waals surface area contributed by atoms with E-state index in [1.54, 1.807) is 11.1 Å². The summed E-state index contributed by atoms with van der Waals surface area (Å²) in [7, 11) is 0. The fourth-order valence-electron chi connectivity index (χ4n) is 4.18. The Hall–Kier alpha value is -3.07. The molecule has 3 aliphatic heterocycles. The number of carbonyl (C=O) groups excluding carboxylic acids is 2. The number of hydrogen-bond donors (Lipinski definition) is 0. The molecule has 2 aromatic rings. The zero-order chi connectivity index (χ0) is 20.5. The van der Waals surface area contributed by atoms with E-state index in [4.69, 9.17) is 9.47 Å². The van der Waals surface area contributed by atoms with Gasteiger partial charge in [-0.25, -0.2) is 4.79 Å². The van der Waals surface area contributed by atoms with Crippen LogP contribution in [0.1, 0.15) is 28.8 Å². The molecule has 2 amide bonds. The molecule has 0 N–H and O–H groups in total. The average Bonchev–Trinajstić information content (AvgIpc) is 3.54. The van der Waals surface area contributed by atoms with E-state index in [1.165, 1.54) is 10.9 Å². The van der Waals surface area contributed by atoms with Crippen molar-refractivity contribution in [2.24, 2.45) is 0 Å². The maximum Gasteiger partial charge on any atom is 0.344 e. The van der Waals surface area contributed by atoms with Gasteiger partial charge in [0.2, 0.25) is 6.79 Å². The van der Waals surface area contributed by atoms with Gasteiger partial charge in [-0.3, -0.25) is 9.69 Å². The van der Waals surface area contributed by atoms with Gasteiger partial charge in [0, 0.05) is 52.0 Å². The third-order valence-corrected chi connectivity index (χ3v) is 5.90. The number of rotatable bonds is 3. The van der Waals surface area contributed by atoms with Crippen LogP contribution in [0.3, 0.4) is 0 Å². The van der Waals surface area contributed by atoms with Crippen LogP contribution in [0, 0.1) is 0 Å². The number of ether oxygens (including phenoxy) is 2. The number of hydrogen-bond acceptors (Lipinski definition) is 6. The monoisotopic (exact) mass is 411 g/mol. The molecule has 9 nitrogen and oxygen atoms in total. The summed E-state index contributed by atoms with van der Waals surface area (Å²) in [4.78, 5) is 31.2. The van der Waals surface area contributed by atoms with Crippen molar-refractivity contribution in [3.63, 3.8) is 0 Å². The molecular formula is C21H25N5O4. The Kier molecular flexibility index (Phi) is 5.04. The lowest BCUT2D eigenvalue weighted by atomic mass is 10.1. The van der Waals surface area contributed by atoms with Gasteiger partial charge < -0.3 is 19.3 Å². The Labute approximate surface area is 174 Å². The molecule has 0 spiro atoms. The number of nitrogens with zero attached hydrogens (tertiary/aromatic N) is 5. The fraction of sp³-hybridized carbons (Fsp3) is 0.476. The van der Waals surface area contributed by atoms with Gasteiger partial charge in [0.05, 0.1) is 11.8 Å².